The van der Waals surface area contributed by atoms with Crippen LogP contribution in [0.1, 0.15) is 0 Å². The van der Waals surface area contributed by atoms with Gasteiger partial charge in [-0.3, -0.25) is 0 Å². The second-order valence-electron chi connectivity index (χ2n) is 30.4. The molecule has 2 aliphatic rings. The van der Waals surface area contributed by atoms with E-state index in [1.165, 1.54) is 55.0 Å². The molecule has 0 radical (unpaired) electrons. The predicted molar refractivity (Wildman–Crippen MR) is 545 cm³/mol. The van der Waals surface area contributed by atoms with E-state index in [0.29, 0.717) is 0 Å². The van der Waals surface area contributed by atoms with Gasteiger partial charge in [-0.15, -0.1) is 0 Å². The van der Waals surface area contributed by atoms with Gasteiger partial charge in [-0.1, -0.05) is 321 Å². The molecular weight excluding hydrogens is 1590 g/mol. The van der Waals surface area contributed by atoms with E-state index in [1.807, 2.05) is 96.7 Å². The molecule has 0 amide bonds. The monoisotopic (exact) mass is 1680 g/mol. The standard InChI is InChI=1S/C36H28N2.C30H24N2.C18H13NO.C18H13NS.C18H15N/c1-5-13-31(14-6-1)37(32-15-7-2-8-16-32)35-25-21-29(22-26-35)30-23-27-36(28-24-30)38(33-17-9-3-10-18-33)34-19-11-4-12-20-34;1-5-13-25(14-6-1)31(26-15-7-2-8-16-26)29-21-23-30(24-22-29)32(27-17-9-3-10-18-27)28-19-11-4-12-20-28;2*1-2-8-14(9-3-1)19-15-10-4-6-12-17(15)20-18-13-7-5-11-16(18)19;1-4-10-16(11-5-1)19(17-12-6-2-7-13-17)18-14-8-3-9-15-18/h1-28H;1-24H;2*1-13H;1-15H. The van der Waals surface area contributed by atoms with Gasteiger partial charge in [0.1, 0.15) is 0 Å². The Morgan fingerprint density at radius 2 is 0.295 bits per heavy atom. The fourth-order valence-corrected chi connectivity index (χ4v) is 17.1. The molecule has 2 heterocycles. The smallest absolute Gasteiger partial charge is 0.151 e. The molecule has 2 aliphatic heterocycles. The van der Waals surface area contributed by atoms with Gasteiger partial charge in [0, 0.05) is 106 Å². The largest absolute Gasteiger partial charge is 0.453 e. The summed E-state index contributed by atoms with van der Waals surface area (Å²) < 4.78 is 5.99. The van der Waals surface area contributed by atoms with Gasteiger partial charge >= 0.3 is 0 Å². The normalized spacial score (nSPS) is 11.1. The molecule has 0 aromatic heterocycles. The van der Waals surface area contributed by atoms with Crippen molar-refractivity contribution in [2.45, 2.75) is 9.79 Å². The summed E-state index contributed by atoms with van der Waals surface area (Å²) in [5.74, 6) is 1.77. The van der Waals surface area contributed by atoms with Crippen LogP contribution in [0.3, 0.4) is 0 Å². The molecule has 620 valence electrons. The lowest BCUT2D eigenvalue weighted by Crippen LogP contribution is -2.15. The number of nitrogens with zero attached hydrogens (tertiary/aromatic N) is 7. The first-order valence-electron chi connectivity index (χ1n) is 43.4. The molecule has 0 atom stereocenters. The zero-order valence-corrected chi connectivity index (χ0v) is 72.0. The minimum atomic E-state index is 0.884. The number of benzene rings is 20. The highest BCUT2D eigenvalue weighted by Crippen LogP contribution is 2.53. The maximum absolute atomic E-state index is 5.99. The van der Waals surface area contributed by atoms with Gasteiger partial charge < -0.3 is 39.0 Å². The van der Waals surface area contributed by atoms with E-state index in [1.54, 1.807) is 0 Å². The van der Waals surface area contributed by atoms with Crippen molar-refractivity contribution < 1.29 is 4.74 Å². The predicted octanol–water partition coefficient (Wildman–Crippen LogP) is 35.0. The Balaban J connectivity index is 0.000000112. The molecule has 0 saturated heterocycles. The minimum absolute atomic E-state index is 0.884. The zero-order chi connectivity index (χ0) is 86.8. The zero-order valence-electron chi connectivity index (χ0n) is 71.1. The van der Waals surface area contributed by atoms with Gasteiger partial charge in [0.2, 0.25) is 0 Å². The van der Waals surface area contributed by atoms with Crippen LogP contribution >= 0.6 is 11.8 Å². The number of ether oxygens (including phenoxy) is 1. The summed E-state index contributed by atoms with van der Waals surface area (Å²) in [6.45, 7) is 0. The Morgan fingerprint density at radius 1 is 0.140 bits per heavy atom. The first kappa shape index (κ1) is 83.1. The van der Waals surface area contributed by atoms with E-state index in [9.17, 15) is 0 Å². The molecule has 0 bridgehead atoms. The molecule has 0 fully saturated rings. The van der Waals surface area contributed by atoms with Crippen molar-refractivity contribution in [2.24, 2.45) is 0 Å². The molecule has 0 aliphatic carbocycles. The third-order valence-corrected chi connectivity index (χ3v) is 23.1. The summed E-state index contributed by atoms with van der Waals surface area (Å²) in [4.78, 5) is 18.5. The highest BCUT2D eigenvalue weighted by atomic mass is 32.2. The Kier molecular flexibility index (Phi) is 26.8. The average molecular weight is 1680 g/mol. The van der Waals surface area contributed by atoms with Gasteiger partial charge in [-0.25, -0.2) is 0 Å². The molecule has 20 aromatic carbocycles. The molecule has 20 aromatic rings. The second-order valence-corrected chi connectivity index (χ2v) is 31.5. The quantitative estimate of drug-likeness (QED) is 0.0834. The lowest BCUT2D eigenvalue weighted by Gasteiger charge is -2.32. The number of rotatable bonds is 18. The summed E-state index contributed by atoms with van der Waals surface area (Å²) >= 11 is 1.84. The summed E-state index contributed by atoms with van der Waals surface area (Å²) in [5, 5.41) is 0. The van der Waals surface area contributed by atoms with E-state index in [4.69, 9.17) is 4.74 Å². The third kappa shape index (κ3) is 20.0. The van der Waals surface area contributed by atoms with Gasteiger partial charge in [0.25, 0.3) is 0 Å². The van der Waals surface area contributed by atoms with E-state index >= 15 is 0 Å². The molecule has 9 heteroatoms. The molecule has 129 heavy (non-hydrogen) atoms. The number of fused-ring (bicyclic) bond motifs is 4. The molecule has 8 nitrogen and oxygen atoms in total. The van der Waals surface area contributed by atoms with Crippen LogP contribution in [0.15, 0.2) is 574 Å². The number of para-hydroxylation sites is 19. The Morgan fingerprint density at radius 3 is 0.512 bits per heavy atom. The summed E-state index contributed by atoms with van der Waals surface area (Å²) in [6, 6.07) is 196. The van der Waals surface area contributed by atoms with Gasteiger partial charge in [-0.05, 0) is 266 Å². The highest BCUT2D eigenvalue weighted by Gasteiger charge is 2.27. The maximum Gasteiger partial charge on any atom is 0.151 e. The van der Waals surface area contributed by atoms with Crippen molar-refractivity contribution in [3.63, 3.8) is 0 Å². The lowest BCUT2D eigenvalue weighted by atomic mass is 10.0. The van der Waals surface area contributed by atoms with Crippen LogP contribution < -0.4 is 39.0 Å². The Bertz CT molecular complexity index is 6120. The Hall–Kier alpha value is -16.9. The lowest BCUT2D eigenvalue weighted by molar-refractivity contribution is 0.477. The van der Waals surface area contributed by atoms with Gasteiger partial charge in [0.15, 0.2) is 11.5 Å². The van der Waals surface area contributed by atoms with Crippen molar-refractivity contribution in [1.82, 2.24) is 0 Å². The van der Waals surface area contributed by atoms with E-state index in [2.05, 4.69) is 514 Å². The fraction of sp³-hybridized carbons (Fsp3) is 0. The van der Waals surface area contributed by atoms with Crippen LogP contribution in [-0.2, 0) is 0 Å². The van der Waals surface area contributed by atoms with Crippen LogP contribution in [0.25, 0.3) is 11.1 Å². The van der Waals surface area contributed by atoms with Crippen LogP contribution in [-0.4, -0.2) is 0 Å². The van der Waals surface area contributed by atoms with Crippen molar-refractivity contribution in [2.75, 3.05) is 34.3 Å². The third-order valence-electron chi connectivity index (χ3n) is 22.0. The topological polar surface area (TPSA) is 31.9 Å². The average Bonchev–Trinajstić information content (AvgIpc) is 0.766. The van der Waals surface area contributed by atoms with Crippen LogP contribution in [0.2, 0.25) is 0 Å². The first-order chi connectivity index (χ1) is 64.1. The number of hydrogen-bond donors (Lipinski definition) is 0. The fourth-order valence-electron chi connectivity index (χ4n) is 16.1. The molecule has 0 N–H and O–H groups in total. The molecule has 0 spiro atoms. The number of hydrogen-bond acceptors (Lipinski definition) is 9. The number of anilines is 21. The molecular formula is C120H93N7OS. The van der Waals surface area contributed by atoms with Crippen LogP contribution in [0, 0.1) is 0 Å². The van der Waals surface area contributed by atoms with E-state index < -0.39 is 0 Å². The van der Waals surface area contributed by atoms with Crippen LogP contribution in [0.4, 0.5) is 119 Å². The SMILES string of the molecule is c1ccc(N(c2ccccc2)c2ccc(-c3ccc(N(c4ccccc4)c4ccccc4)cc3)cc2)cc1.c1ccc(N(c2ccccc2)c2ccc(N(c3ccccc3)c3ccccc3)cc2)cc1.c1ccc(N(c2ccccc2)c2ccccc2)cc1.c1ccc(N2c3ccccc3Oc3ccccc32)cc1.c1ccc(N2c3ccccc3Sc3ccccc32)cc1. The Labute approximate surface area is 761 Å². The summed E-state index contributed by atoms with van der Waals surface area (Å²) in [5.41, 5.74) is 26.4. The minimum Gasteiger partial charge on any atom is -0.453 e. The van der Waals surface area contributed by atoms with Crippen molar-refractivity contribution in [3.05, 3.63) is 564 Å². The van der Waals surface area contributed by atoms with E-state index in [0.717, 1.165) is 96.8 Å². The second kappa shape index (κ2) is 41.6. The van der Waals surface area contributed by atoms with Crippen molar-refractivity contribution in [1.29, 1.82) is 0 Å². The van der Waals surface area contributed by atoms with Crippen molar-refractivity contribution >= 4 is 131 Å². The first-order valence-corrected chi connectivity index (χ1v) is 44.2. The molecule has 0 unspecified atom stereocenters. The molecule has 22 rings (SSSR count). The molecule has 0 saturated carbocycles. The van der Waals surface area contributed by atoms with Crippen molar-refractivity contribution in [3.8, 4) is 22.6 Å². The summed E-state index contributed by atoms with van der Waals surface area (Å²) in [7, 11) is 0. The van der Waals surface area contributed by atoms with Gasteiger partial charge in [0.05, 0.1) is 22.7 Å². The van der Waals surface area contributed by atoms with Crippen LogP contribution in [0.5, 0.6) is 11.5 Å². The van der Waals surface area contributed by atoms with E-state index in [-0.39, 0.29) is 0 Å². The highest BCUT2D eigenvalue weighted by molar-refractivity contribution is 7.99. The summed E-state index contributed by atoms with van der Waals surface area (Å²) in [6.07, 6.45) is 0. The maximum atomic E-state index is 5.99. The van der Waals surface area contributed by atoms with Gasteiger partial charge in [-0.2, -0.15) is 0 Å².